The smallest absolute Gasteiger partial charge is 0.164 e. The highest BCUT2D eigenvalue weighted by atomic mass is 16.3. The lowest BCUT2D eigenvalue weighted by molar-refractivity contribution is 0.668. The van der Waals surface area contributed by atoms with Crippen LogP contribution >= 0.6 is 0 Å². The molecule has 256 valence electrons. The number of hydrogen-bond donors (Lipinski definition) is 0. The van der Waals surface area contributed by atoms with Crippen molar-refractivity contribution in [3.8, 4) is 45.3 Å². The molecule has 0 atom stereocenters. The fraction of sp³-hybridized carbons (Fsp3) is 0. The third kappa shape index (κ3) is 4.58. The molecule has 12 aromatic rings. The molecule has 0 saturated heterocycles. The van der Waals surface area contributed by atoms with Gasteiger partial charge in [0.15, 0.2) is 17.5 Å². The van der Waals surface area contributed by atoms with Gasteiger partial charge in [0.25, 0.3) is 0 Å². The highest BCUT2D eigenvalue weighted by molar-refractivity contribution is 6.16. The van der Waals surface area contributed by atoms with Crippen LogP contribution in [0.3, 0.4) is 0 Å². The van der Waals surface area contributed by atoms with Crippen molar-refractivity contribution in [3.05, 3.63) is 164 Å². The SMILES string of the molecule is c1ccc2cc(-c3nc(-c4cccc5oc6ccccc6c45)nc(-c4cccc5oc6cc(-c7cccc8oc9ccccc9c78)ccc6c45)n3)ccc2c1. The third-order valence-corrected chi connectivity index (χ3v) is 10.7. The predicted octanol–water partition coefficient (Wildman–Crippen LogP) is 13.4. The second kappa shape index (κ2) is 11.5. The van der Waals surface area contributed by atoms with Crippen LogP contribution in [0, 0.1) is 0 Å². The lowest BCUT2D eigenvalue weighted by Crippen LogP contribution is -2.00. The molecule has 0 amide bonds. The molecule has 55 heavy (non-hydrogen) atoms. The first-order chi connectivity index (χ1) is 27.2. The van der Waals surface area contributed by atoms with E-state index in [2.05, 4.69) is 91.0 Å². The van der Waals surface area contributed by atoms with E-state index in [4.69, 9.17) is 28.2 Å². The highest BCUT2D eigenvalue weighted by Gasteiger charge is 2.21. The monoisotopic (exact) mass is 705 g/mol. The highest BCUT2D eigenvalue weighted by Crippen LogP contribution is 2.42. The number of nitrogens with zero attached hydrogens (tertiary/aromatic N) is 3. The van der Waals surface area contributed by atoms with Gasteiger partial charge in [-0.1, -0.05) is 115 Å². The second-order valence-electron chi connectivity index (χ2n) is 13.9. The minimum atomic E-state index is 0.560. The van der Waals surface area contributed by atoms with Crippen LogP contribution < -0.4 is 0 Å². The Hall–Kier alpha value is -7.57. The van der Waals surface area contributed by atoms with E-state index in [-0.39, 0.29) is 0 Å². The largest absolute Gasteiger partial charge is 0.456 e. The minimum Gasteiger partial charge on any atom is -0.456 e. The number of furan rings is 3. The number of rotatable bonds is 4. The summed E-state index contributed by atoms with van der Waals surface area (Å²) in [5.41, 5.74) is 9.66. The molecule has 0 N–H and O–H groups in total. The van der Waals surface area contributed by atoms with Gasteiger partial charge in [-0.15, -0.1) is 0 Å². The van der Waals surface area contributed by atoms with E-state index < -0.39 is 0 Å². The van der Waals surface area contributed by atoms with Gasteiger partial charge in [0, 0.05) is 49.0 Å². The van der Waals surface area contributed by atoms with Crippen LogP contribution in [0.2, 0.25) is 0 Å². The molecular formula is C49H27N3O3. The second-order valence-corrected chi connectivity index (χ2v) is 13.9. The zero-order chi connectivity index (χ0) is 36.0. The molecule has 0 spiro atoms. The Morgan fingerprint density at radius 2 is 0.764 bits per heavy atom. The number of aromatic nitrogens is 3. The molecule has 6 heteroatoms. The molecule has 0 bridgehead atoms. The van der Waals surface area contributed by atoms with Crippen molar-refractivity contribution in [2.75, 3.05) is 0 Å². The molecule has 6 nitrogen and oxygen atoms in total. The Kier molecular flexibility index (Phi) is 6.24. The summed E-state index contributed by atoms with van der Waals surface area (Å²) in [6, 6.07) is 55.7. The van der Waals surface area contributed by atoms with E-state index in [0.29, 0.717) is 17.5 Å². The van der Waals surface area contributed by atoms with Gasteiger partial charge in [-0.05, 0) is 70.4 Å². The summed E-state index contributed by atoms with van der Waals surface area (Å²) < 4.78 is 19.1. The van der Waals surface area contributed by atoms with Gasteiger partial charge in [0.2, 0.25) is 0 Å². The fourth-order valence-electron chi connectivity index (χ4n) is 8.23. The predicted molar refractivity (Wildman–Crippen MR) is 221 cm³/mol. The standard InChI is InChI=1S/C49H27N3O3/c1-2-11-29-26-31(23-22-28(29)10-1)47-50-48(36-15-8-20-41-45(36)34-13-4-6-18-39(34)54-41)52-49(51-47)37-16-9-21-42-46(37)35-25-24-30(27-43(35)55-42)32-14-7-19-40-44(32)33-12-3-5-17-38(33)53-40/h1-27H. The average Bonchev–Trinajstić information content (AvgIpc) is 3.94. The van der Waals surface area contributed by atoms with E-state index in [1.54, 1.807) is 0 Å². The van der Waals surface area contributed by atoms with Crippen molar-refractivity contribution >= 4 is 76.6 Å². The molecule has 0 radical (unpaired) electrons. The first-order valence-corrected chi connectivity index (χ1v) is 18.3. The lowest BCUT2D eigenvalue weighted by atomic mass is 9.97. The van der Waals surface area contributed by atoms with Gasteiger partial charge in [0.1, 0.15) is 33.5 Å². The number of fused-ring (bicyclic) bond motifs is 10. The van der Waals surface area contributed by atoms with Crippen molar-refractivity contribution in [3.63, 3.8) is 0 Å². The van der Waals surface area contributed by atoms with E-state index in [9.17, 15) is 0 Å². The average molecular weight is 706 g/mol. The third-order valence-electron chi connectivity index (χ3n) is 10.7. The van der Waals surface area contributed by atoms with Crippen LogP contribution in [0.1, 0.15) is 0 Å². The Balaban J connectivity index is 1.08. The molecule has 0 fully saturated rings. The van der Waals surface area contributed by atoms with E-state index in [1.165, 1.54) is 0 Å². The van der Waals surface area contributed by atoms with Crippen molar-refractivity contribution in [2.45, 2.75) is 0 Å². The fourth-order valence-corrected chi connectivity index (χ4v) is 8.23. The molecule has 4 heterocycles. The topological polar surface area (TPSA) is 78.1 Å². The maximum atomic E-state index is 6.62. The van der Waals surface area contributed by atoms with Crippen LogP contribution in [0.15, 0.2) is 177 Å². The van der Waals surface area contributed by atoms with Crippen LogP contribution in [-0.4, -0.2) is 15.0 Å². The minimum absolute atomic E-state index is 0.560. The molecule has 8 aromatic carbocycles. The van der Waals surface area contributed by atoms with Gasteiger partial charge in [0.05, 0.1) is 0 Å². The van der Waals surface area contributed by atoms with Crippen LogP contribution in [0.25, 0.3) is 122 Å². The van der Waals surface area contributed by atoms with Crippen molar-refractivity contribution in [2.24, 2.45) is 0 Å². The normalized spacial score (nSPS) is 12.0. The first kappa shape index (κ1) is 29.9. The molecule has 0 aliphatic rings. The van der Waals surface area contributed by atoms with Gasteiger partial charge in [-0.2, -0.15) is 0 Å². The van der Waals surface area contributed by atoms with Crippen molar-refractivity contribution in [1.82, 2.24) is 15.0 Å². The quantitative estimate of drug-likeness (QED) is 0.181. The molecule has 0 aliphatic carbocycles. The molecule has 0 unspecified atom stereocenters. The van der Waals surface area contributed by atoms with Crippen LogP contribution in [0.4, 0.5) is 0 Å². The summed E-state index contributed by atoms with van der Waals surface area (Å²) in [5, 5.41) is 8.37. The Morgan fingerprint density at radius 3 is 1.42 bits per heavy atom. The maximum absolute atomic E-state index is 6.62. The number of benzene rings is 8. The van der Waals surface area contributed by atoms with Gasteiger partial charge in [-0.3, -0.25) is 0 Å². The zero-order valence-electron chi connectivity index (χ0n) is 29.2. The van der Waals surface area contributed by atoms with E-state index in [0.717, 1.165) is 104 Å². The van der Waals surface area contributed by atoms with Gasteiger partial charge < -0.3 is 13.3 Å². The Labute approximate surface area is 312 Å². The summed E-state index contributed by atoms with van der Waals surface area (Å²) in [5.74, 6) is 1.71. The Morgan fingerprint density at radius 1 is 0.291 bits per heavy atom. The van der Waals surface area contributed by atoms with Gasteiger partial charge in [-0.25, -0.2) is 15.0 Å². The zero-order valence-corrected chi connectivity index (χ0v) is 29.2. The van der Waals surface area contributed by atoms with Crippen LogP contribution in [0.5, 0.6) is 0 Å². The molecule has 4 aromatic heterocycles. The van der Waals surface area contributed by atoms with E-state index >= 15 is 0 Å². The molecular weight excluding hydrogens is 679 g/mol. The molecule has 0 saturated carbocycles. The summed E-state index contributed by atoms with van der Waals surface area (Å²) in [6.45, 7) is 0. The van der Waals surface area contributed by atoms with Crippen LogP contribution in [-0.2, 0) is 0 Å². The lowest BCUT2D eigenvalue weighted by Gasteiger charge is -2.10. The summed E-state index contributed by atoms with van der Waals surface area (Å²) in [6.07, 6.45) is 0. The number of para-hydroxylation sites is 2. The van der Waals surface area contributed by atoms with E-state index in [1.807, 2.05) is 72.8 Å². The molecule has 0 aliphatic heterocycles. The Bertz CT molecular complexity index is 3520. The number of hydrogen-bond acceptors (Lipinski definition) is 6. The molecule has 12 rings (SSSR count). The maximum Gasteiger partial charge on any atom is 0.164 e. The summed E-state index contributed by atoms with van der Waals surface area (Å²) >= 11 is 0. The first-order valence-electron chi connectivity index (χ1n) is 18.3. The van der Waals surface area contributed by atoms with Crippen molar-refractivity contribution in [1.29, 1.82) is 0 Å². The summed E-state index contributed by atoms with van der Waals surface area (Å²) in [7, 11) is 0. The summed E-state index contributed by atoms with van der Waals surface area (Å²) in [4.78, 5) is 15.6. The van der Waals surface area contributed by atoms with Gasteiger partial charge >= 0.3 is 0 Å². The van der Waals surface area contributed by atoms with Crippen molar-refractivity contribution < 1.29 is 13.3 Å².